The first-order valence-electron chi connectivity index (χ1n) is 7.87. The van der Waals surface area contributed by atoms with E-state index in [1.54, 1.807) is 11.8 Å². The molecular weight excluding hydrogens is 270 g/mol. The number of nitrogens with two attached hydrogens (primary N) is 1. The smallest absolute Gasteiger partial charge is 0.236 e. The van der Waals surface area contributed by atoms with Crippen molar-refractivity contribution in [2.45, 2.75) is 57.0 Å². The fourth-order valence-electron chi connectivity index (χ4n) is 2.75. The van der Waals surface area contributed by atoms with Crippen molar-refractivity contribution in [2.75, 3.05) is 32.1 Å². The van der Waals surface area contributed by atoms with Gasteiger partial charge in [-0.2, -0.15) is 11.8 Å². The molecule has 0 aromatic rings. The van der Waals surface area contributed by atoms with Gasteiger partial charge in [-0.1, -0.05) is 19.3 Å². The number of carbonyl (C=O) groups excluding carboxylic acids is 1. The SMILES string of the molecule is CSCC[C@@H](N)C(=O)NCCCN(C)C1CCCCC1. The van der Waals surface area contributed by atoms with Crippen LogP contribution in [0.1, 0.15) is 44.9 Å². The lowest BCUT2D eigenvalue weighted by atomic mass is 9.94. The van der Waals surface area contributed by atoms with Crippen LogP contribution in [0.15, 0.2) is 0 Å². The third-order valence-electron chi connectivity index (χ3n) is 4.15. The molecule has 4 nitrogen and oxygen atoms in total. The molecule has 1 aliphatic rings. The number of nitrogens with one attached hydrogen (secondary N) is 1. The quantitative estimate of drug-likeness (QED) is 0.638. The zero-order valence-electron chi connectivity index (χ0n) is 13.1. The molecule has 0 radical (unpaired) electrons. The van der Waals surface area contributed by atoms with Gasteiger partial charge in [-0.25, -0.2) is 0 Å². The summed E-state index contributed by atoms with van der Waals surface area (Å²) in [7, 11) is 2.21. The Kier molecular flexibility index (Phi) is 9.31. The summed E-state index contributed by atoms with van der Waals surface area (Å²) in [5.41, 5.74) is 5.83. The lowest BCUT2D eigenvalue weighted by molar-refractivity contribution is -0.122. The van der Waals surface area contributed by atoms with Crippen molar-refractivity contribution >= 4 is 17.7 Å². The highest BCUT2D eigenvalue weighted by atomic mass is 32.2. The third kappa shape index (κ3) is 6.95. The molecule has 1 aliphatic carbocycles. The van der Waals surface area contributed by atoms with Crippen LogP contribution >= 0.6 is 11.8 Å². The van der Waals surface area contributed by atoms with Crippen LogP contribution in [0.5, 0.6) is 0 Å². The molecule has 118 valence electrons. The van der Waals surface area contributed by atoms with Gasteiger partial charge in [0, 0.05) is 12.6 Å². The minimum absolute atomic E-state index is 0.000584. The number of hydrogen-bond donors (Lipinski definition) is 2. The molecule has 1 saturated carbocycles. The highest BCUT2D eigenvalue weighted by molar-refractivity contribution is 7.98. The molecule has 0 aliphatic heterocycles. The highest BCUT2D eigenvalue weighted by Crippen LogP contribution is 2.21. The van der Waals surface area contributed by atoms with Crippen LogP contribution in [0, 0.1) is 0 Å². The monoisotopic (exact) mass is 301 g/mol. The topological polar surface area (TPSA) is 58.4 Å². The molecule has 0 spiro atoms. The van der Waals surface area contributed by atoms with E-state index in [1.807, 2.05) is 6.26 Å². The first-order valence-corrected chi connectivity index (χ1v) is 9.27. The van der Waals surface area contributed by atoms with Crippen LogP contribution in [-0.2, 0) is 4.79 Å². The molecule has 1 fully saturated rings. The van der Waals surface area contributed by atoms with Crippen LogP contribution in [0.3, 0.4) is 0 Å². The molecular formula is C15H31N3OS. The van der Waals surface area contributed by atoms with Gasteiger partial charge in [-0.3, -0.25) is 4.79 Å². The number of rotatable bonds is 9. The Labute approximate surface area is 128 Å². The van der Waals surface area contributed by atoms with Gasteiger partial charge < -0.3 is 16.0 Å². The maximum absolute atomic E-state index is 11.7. The van der Waals surface area contributed by atoms with Crippen LogP contribution in [0.4, 0.5) is 0 Å². The van der Waals surface area contributed by atoms with Gasteiger partial charge in [0.2, 0.25) is 5.91 Å². The second-order valence-corrected chi connectivity index (χ2v) is 6.79. The molecule has 0 aromatic carbocycles. The normalized spacial score (nSPS) is 18.2. The summed E-state index contributed by atoms with van der Waals surface area (Å²) in [5.74, 6) is 0.943. The molecule has 3 N–H and O–H groups in total. The Morgan fingerprint density at radius 3 is 2.75 bits per heavy atom. The van der Waals surface area contributed by atoms with Crippen molar-refractivity contribution in [3.8, 4) is 0 Å². The summed E-state index contributed by atoms with van der Waals surface area (Å²) in [6, 6.07) is 0.404. The molecule has 0 unspecified atom stereocenters. The summed E-state index contributed by atoms with van der Waals surface area (Å²) in [6.45, 7) is 1.80. The second kappa shape index (κ2) is 10.5. The summed E-state index contributed by atoms with van der Waals surface area (Å²) in [6.07, 6.45) is 10.6. The number of thioether (sulfide) groups is 1. The van der Waals surface area contributed by atoms with Crippen LogP contribution in [-0.4, -0.2) is 55.0 Å². The Morgan fingerprint density at radius 2 is 2.10 bits per heavy atom. The average molecular weight is 302 g/mol. The maximum Gasteiger partial charge on any atom is 0.236 e. The summed E-state index contributed by atoms with van der Waals surface area (Å²) >= 11 is 1.73. The second-order valence-electron chi connectivity index (χ2n) is 5.80. The Hall–Kier alpha value is -0.260. The van der Waals surface area contributed by atoms with Gasteiger partial charge in [-0.15, -0.1) is 0 Å². The molecule has 0 aromatic heterocycles. The molecule has 0 bridgehead atoms. The van der Waals surface area contributed by atoms with E-state index >= 15 is 0 Å². The molecule has 0 heterocycles. The van der Waals surface area contributed by atoms with Crippen molar-refractivity contribution in [3.05, 3.63) is 0 Å². The van der Waals surface area contributed by atoms with Crippen LogP contribution < -0.4 is 11.1 Å². The molecule has 5 heteroatoms. The largest absolute Gasteiger partial charge is 0.355 e. The highest BCUT2D eigenvalue weighted by Gasteiger charge is 2.17. The Bertz CT molecular complexity index is 270. The van der Waals surface area contributed by atoms with Gasteiger partial charge in [0.25, 0.3) is 0 Å². The molecule has 0 saturated heterocycles. The van der Waals surface area contributed by atoms with E-state index in [2.05, 4.69) is 17.3 Å². The van der Waals surface area contributed by atoms with Crippen molar-refractivity contribution < 1.29 is 4.79 Å². The standard InChI is InChI=1S/C15H31N3OS/c1-18(13-7-4-3-5-8-13)11-6-10-17-15(19)14(16)9-12-20-2/h13-14H,3-12,16H2,1-2H3,(H,17,19)/t14-/m1/s1. The zero-order chi connectivity index (χ0) is 14.8. The van der Waals surface area contributed by atoms with Crippen LogP contribution in [0.25, 0.3) is 0 Å². The summed E-state index contributed by atoms with van der Waals surface area (Å²) in [5, 5.41) is 2.95. The molecule has 1 amide bonds. The lowest BCUT2D eigenvalue weighted by Gasteiger charge is -2.31. The maximum atomic E-state index is 11.7. The number of hydrogen-bond acceptors (Lipinski definition) is 4. The van der Waals surface area contributed by atoms with Gasteiger partial charge in [0.05, 0.1) is 6.04 Å². The van der Waals surface area contributed by atoms with Crippen LogP contribution in [0.2, 0.25) is 0 Å². The van der Waals surface area contributed by atoms with Crippen molar-refractivity contribution in [1.82, 2.24) is 10.2 Å². The average Bonchev–Trinajstić information content (AvgIpc) is 2.49. The molecule has 20 heavy (non-hydrogen) atoms. The minimum Gasteiger partial charge on any atom is -0.355 e. The number of amides is 1. The first-order chi connectivity index (χ1) is 9.65. The van der Waals surface area contributed by atoms with E-state index in [-0.39, 0.29) is 11.9 Å². The van der Waals surface area contributed by atoms with E-state index in [0.29, 0.717) is 0 Å². The Morgan fingerprint density at radius 1 is 1.40 bits per heavy atom. The van der Waals surface area contributed by atoms with E-state index in [4.69, 9.17) is 5.73 Å². The Balaban J connectivity index is 2.06. The van der Waals surface area contributed by atoms with E-state index in [0.717, 1.165) is 37.7 Å². The van der Waals surface area contributed by atoms with Gasteiger partial charge in [0.15, 0.2) is 0 Å². The van der Waals surface area contributed by atoms with Gasteiger partial charge >= 0.3 is 0 Å². The molecule has 1 atom stereocenters. The van der Waals surface area contributed by atoms with Crippen molar-refractivity contribution in [1.29, 1.82) is 0 Å². The van der Waals surface area contributed by atoms with Gasteiger partial charge in [-0.05, 0) is 51.3 Å². The fourth-order valence-corrected chi connectivity index (χ4v) is 3.24. The zero-order valence-corrected chi connectivity index (χ0v) is 13.9. The predicted molar refractivity (Wildman–Crippen MR) is 88.1 cm³/mol. The first kappa shape index (κ1) is 17.8. The third-order valence-corrected chi connectivity index (χ3v) is 4.80. The van der Waals surface area contributed by atoms with Crippen molar-refractivity contribution in [2.24, 2.45) is 5.73 Å². The minimum atomic E-state index is -0.349. The summed E-state index contributed by atoms with van der Waals surface area (Å²) < 4.78 is 0. The van der Waals surface area contributed by atoms with E-state index in [9.17, 15) is 4.79 Å². The summed E-state index contributed by atoms with van der Waals surface area (Å²) in [4.78, 5) is 14.2. The van der Waals surface area contributed by atoms with Gasteiger partial charge in [0.1, 0.15) is 0 Å². The fraction of sp³-hybridized carbons (Fsp3) is 0.933. The van der Waals surface area contributed by atoms with E-state index in [1.165, 1.54) is 32.1 Å². The number of nitrogens with zero attached hydrogens (tertiary/aromatic N) is 1. The van der Waals surface area contributed by atoms with Crippen molar-refractivity contribution in [3.63, 3.8) is 0 Å². The lowest BCUT2D eigenvalue weighted by Crippen LogP contribution is -2.42. The molecule has 1 rings (SSSR count). The predicted octanol–water partition coefficient (Wildman–Crippen LogP) is 1.84. The number of carbonyl (C=O) groups is 1. The van der Waals surface area contributed by atoms with E-state index < -0.39 is 0 Å².